The molecule has 0 bridgehead atoms. The van der Waals surface area contributed by atoms with Crippen LogP contribution >= 0.6 is 0 Å². The molecule has 0 atom stereocenters. The Kier molecular flexibility index (Phi) is 8.90. The number of nitrogens with one attached hydrogen (secondary N) is 1. The first-order valence-corrected chi connectivity index (χ1v) is 11.1. The molecule has 1 fully saturated rings. The van der Waals surface area contributed by atoms with Crippen molar-refractivity contribution < 1.29 is 23.9 Å². The average Bonchev–Trinajstić information content (AvgIpc) is 2.87. The summed E-state index contributed by atoms with van der Waals surface area (Å²) in [6, 6.07) is 15.2. The van der Waals surface area contributed by atoms with Crippen molar-refractivity contribution in [1.82, 2.24) is 10.2 Å². The Balaban J connectivity index is 1.40. The number of hydrogen-bond donors (Lipinski definition) is 2. The van der Waals surface area contributed by atoms with Crippen LogP contribution in [0.5, 0.6) is 11.5 Å². The van der Waals surface area contributed by atoms with Crippen molar-refractivity contribution in [2.45, 2.75) is 6.42 Å². The van der Waals surface area contributed by atoms with Gasteiger partial charge in [0.25, 0.3) is 5.91 Å². The number of nitrogens with zero attached hydrogens (tertiary/aromatic N) is 2. The molecular weight excluding hydrogens is 436 g/mol. The minimum absolute atomic E-state index is 0.0354. The van der Waals surface area contributed by atoms with Gasteiger partial charge in [-0.05, 0) is 35.9 Å². The highest BCUT2D eigenvalue weighted by Gasteiger charge is 2.20. The molecule has 2 aromatic carbocycles. The highest BCUT2D eigenvalue weighted by molar-refractivity contribution is 5.92. The van der Waals surface area contributed by atoms with Crippen molar-refractivity contribution in [2.24, 2.45) is 5.73 Å². The zero-order chi connectivity index (χ0) is 24.3. The van der Waals surface area contributed by atoms with E-state index in [1.807, 2.05) is 23.1 Å². The maximum Gasteiger partial charge on any atom is 0.255 e. The maximum absolute atomic E-state index is 12.5. The number of methoxy groups -OCH3 is 1. The number of primary amides is 1. The minimum atomic E-state index is -0.587. The summed E-state index contributed by atoms with van der Waals surface area (Å²) in [5, 5.41) is 2.74. The summed E-state index contributed by atoms with van der Waals surface area (Å²) >= 11 is 0. The molecule has 0 unspecified atom stereocenters. The van der Waals surface area contributed by atoms with E-state index in [-0.39, 0.29) is 31.4 Å². The molecule has 1 aliphatic rings. The average molecular weight is 467 g/mol. The quantitative estimate of drug-likeness (QED) is 0.512. The lowest BCUT2D eigenvalue weighted by Crippen LogP contribution is -2.49. The number of nitrogens with two attached hydrogens (primary N) is 1. The minimum Gasteiger partial charge on any atom is -0.493 e. The van der Waals surface area contributed by atoms with E-state index in [0.717, 1.165) is 13.1 Å². The lowest BCUT2D eigenvalue weighted by atomic mass is 10.2. The largest absolute Gasteiger partial charge is 0.493 e. The van der Waals surface area contributed by atoms with Gasteiger partial charge in [0.1, 0.15) is 0 Å². The van der Waals surface area contributed by atoms with Crippen molar-refractivity contribution in [1.29, 1.82) is 0 Å². The van der Waals surface area contributed by atoms with Crippen LogP contribution in [0.1, 0.15) is 12.0 Å². The van der Waals surface area contributed by atoms with Crippen molar-refractivity contribution in [2.75, 3.05) is 51.3 Å². The molecule has 180 valence electrons. The summed E-state index contributed by atoms with van der Waals surface area (Å²) < 4.78 is 10.5. The Bertz CT molecular complexity index is 1020. The van der Waals surface area contributed by atoms with Crippen molar-refractivity contribution in [3.63, 3.8) is 0 Å². The van der Waals surface area contributed by atoms with Crippen LogP contribution in [-0.4, -0.2) is 69.1 Å². The number of para-hydroxylation sites is 1. The first-order valence-electron chi connectivity index (χ1n) is 11.1. The van der Waals surface area contributed by atoms with E-state index >= 15 is 0 Å². The third kappa shape index (κ3) is 7.26. The van der Waals surface area contributed by atoms with Crippen LogP contribution in [0.25, 0.3) is 6.08 Å². The first-order chi connectivity index (χ1) is 16.5. The van der Waals surface area contributed by atoms with E-state index in [1.165, 1.54) is 18.9 Å². The summed E-state index contributed by atoms with van der Waals surface area (Å²) in [6.45, 7) is 2.94. The number of carbonyl (C=O) groups excluding carboxylic acids is 3. The molecule has 0 radical (unpaired) electrons. The number of anilines is 1. The van der Waals surface area contributed by atoms with E-state index in [2.05, 4.69) is 22.3 Å². The predicted octanol–water partition coefficient (Wildman–Crippen LogP) is 1.43. The smallest absolute Gasteiger partial charge is 0.255 e. The SMILES string of the molecule is COc1cc(/C=C/C(=O)NCCC(=O)N2CCN(c3ccccc3)CC2)ccc1OCC(N)=O. The highest BCUT2D eigenvalue weighted by atomic mass is 16.5. The molecule has 1 heterocycles. The van der Waals surface area contributed by atoms with Gasteiger partial charge in [0.15, 0.2) is 18.1 Å². The van der Waals surface area contributed by atoms with Crippen molar-refractivity contribution in [3.05, 3.63) is 60.2 Å². The van der Waals surface area contributed by atoms with Crippen LogP contribution in [-0.2, 0) is 14.4 Å². The fourth-order valence-electron chi connectivity index (χ4n) is 3.59. The van der Waals surface area contributed by atoms with E-state index < -0.39 is 5.91 Å². The predicted molar refractivity (Wildman–Crippen MR) is 130 cm³/mol. The molecule has 0 spiro atoms. The van der Waals surface area contributed by atoms with Gasteiger partial charge in [-0.15, -0.1) is 0 Å². The Morgan fingerprint density at radius 2 is 1.76 bits per heavy atom. The highest BCUT2D eigenvalue weighted by Crippen LogP contribution is 2.28. The van der Waals surface area contributed by atoms with Gasteiger partial charge in [0, 0.05) is 50.9 Å². The normalized spacial score (nSPS) is 13.6. The summed E-state index contributed by atoms with van der Waals surface area (Å²) in [4.78, 5) is 39.6. The summed E-state index contributed by atoms with van der Waals surface area (Å²) in [5.74, 6) is -0.0496. The lowest BCUT2D eigenvalue weighted by Gasteiger charge is -2.36. The second-order valence-corrected chi connectivity index (χ2v) is 7.74. The number of hydrogen-bond acceptors (Lipinski definition) is 6. The molecule has 2 aromatic rings. The van der Waals surface area contributed by atoms with Gasteiger partial charge in [-0.1, -0.05) is 24.3 Å². The van der Waals surface area contributed by atoms with Crippen LogP contribution < -0.4 is 25.4 Å². The molecule has 34 heavy (non-hydrogen) atoms. The molecule has 3 rings (SSSR count). The van der Waals surface area contributed by atoms with Gasteiger partial charge in [0.2, 0.25) is 11.8 Å². The molecule has 0 saturated carbocycles. The van der Waals surface area contributed by atoms with E-state index in [9.17, 15) is 14.4 Å². The summed E-state index contributed by atoms with van der Waals surface area (Å²) in [7, 11) is 1.48. The zero-order valence-electron chi connectivity index (χ0n) is 19.2. The number of ether oxygens (including phenoxy) is 2. The van der Waals surface area contributed by atoms with E-state index in [4.69, 9.17) is 15.2 Å². The molecule has 0 aromatic heterocycles. The van der Waals surface area contributed by atoms with Crippen molar-refractivity contribution in [3.8, 4) is 11.5 Å². The fourth-order valence-corrected chi connectivity index (χ4v) is 3.59. The van der Waals surface area contributed by atoms with Crippen LogP contribution in [0.15, 0.2) is 54.6 Å². The van der Waals surface area contributed by atoms with Gasteiger partial charge in [-0.2, -0.15) is 0 Å². The van der Waals surface area contributed by atoms with Crippen LogP contribution in [0.4, 0.5) is 5.69 Å². The van der Waals surface area contributed by atoms with Crippen LogP contribution in [0, 0.1) is 0 Å². The van der Waals surface area contributed by atoms with Gasteiger partial charge < -0.3 is 30.3 Å². The van der Waals surface area contributed by atoms with Crippen molar-refractivity contribution >= 4 is 29.5 Å². The molecular formula is C25H30N4O5. The number of piperazine rings is 1. The molecule has 3 amide bonds. The molecule has 1 aliphatic heterocycles. The standard InChI is InChI=1S/C25H30N4O5/c1-33-22-17-19(7-9-21(22)34-18-23(26)30)8-10-24(31)27-12-11-25(32)29-15-13-28(14-16-29)20-5-3-2-4-6-20/h2-10,17H,11-16,18H2,1H3,(H2,26,30)(H,27,31)/b10-8+. The number of benzene rings is 2. The van der Waals surface area contributed by atoms with Gasteiger partial charge in [0.05, 0.1) is 7.11 Å². The Morgan fingerprint density at radius 3 is 2.44 bits per heavy atom. The van der Waals surface area contributed by atoms with E-state index in [1.54, 1.807) is 24.3 Å². The van der Waals surface area contributed by atoms with Gasteiger partial charge >= 0.3 is 0 Å². The summed E-state index contributed by atoms with van der Waals surface area (Å²) in [5.41, 5.74) is 6.96. The van der Waals surface area contributed by atoms with Gasteiger partial charge in [-0.25, -0.2) is 0 Å². The summed E-state index contributed by atoms with van der Waals surface area (Å²) in [6.07, 6.45) is 3.27. The fraction of sp³-hybridized carbons (Fsp3) is 0.320. The second kappa shape index (κ2) is 12.3. The van der Waals surface area contributed by atoms with E-state index in [0.29, 0.717) is 30.2 Å². The topological polar surface area (TPSA) is 114 Å². The van der Waals surface area contributed by atoms with Crippen LogP contribution in [0.2, 0.25) is 0 Å². The third-order valence-corrected chi connectivity index (χ3v) is 5.38. The Morgan fingerprint density at radius 1 is 1.03 bits per heavy atom. The Labute approximate surface area is 199 Å². The first kappa shape index (κ1) is 24.6. The molecule has 1 saturated heterocycles. The van der Waals surface area contributed by atoms with Gasteiger partial charge in [-0.3, -0.25) is 14.4 Å². The zero-order valence-corrected chi connectivity index (χ0v) is 19.2. The molecule has 3 N–H and O–H groups in total. The molecule has 9 nitrogen and oxygen atoms in total. The maximum atomic E-state index is 12.5. The molecule has 0 aliphatic carbocycles. The lowest BCUT2D eigenvalue weighted by molar-refractivity contribution is -0.131. The number of carbonyl (C=O) groups is 3. The number of amides is 3. The van der Waals surface area contributed by atoms with Crippen LogP contribution in [0.3, 0.4) is 0 Å². The number of rotatable bonds is 10. The monoisotopic (exact) mass is 466 g/mol. The second-order valence-electron chi connectivity index (χ2n) is 7.74. The molecule has 9 heteroatoms. The third-order valence-electron chi connectivity index (χ3n) is 5.38. The Hall–Kier alpha value is -4.01.